The van der Waals surface area contributed by atoms with Crippen LogP contribution in [0.5, 0.6) is 0 Å². The fourth-order valence-electron chi connectivity index (χ4n) is 1.83. The summed E-state index contributed by atoms with van der Waals surface area (Å²) in [5.41, 5.74) is 1.55. The van der Waals surface area contributed by atoms with Crippen LogP contribution in [0.25, 0.3) is 0 Å². The Labute approximate surface area is 115 Å². The fraction of sp³-hybridized carbons (Fsp3) is 0.714. The van der Waals surface area contributed by atoms with E-state index in [-0.39, 0.29) is 12.0 Å². The Morgan fingerprint density at radius 3 is 2.68 bits per heavy atom. The van der Waals surface area contributed by atoms with Crippen LogP contribution in [0.15, 0.2) is 6.07 Å². The number of amides is 1. The summed E-state index contributed by atoms with van der Waals surface area (Å²) < 4.78 is 1.74. The van der Waals surface area contributed by atoms with Gasteiger partial charge in [0.25, 0.3) is 5.91 Å². The van der Waals surface area contributed by atoms with Gasteiger partial charge in [0, 0.05) is 13.1 Å². The molecule has 0 saturated heterocycles. The number of aliphatic hydroxyl groups excluding tert-OH is 1. The highest BCUT2D eigenvalue weighted by Gasteiger charge is 2.15. The smallest absolute Gasteiger partial charge is 0.269 e. The standard InChI is InChI=1S/C14H25N3O2/c1-5-17-13(9-12(16-17)10(2)3)14(19)15-8-6-7-11(4)18/h9-11,18H,5-8H2,1-4H3,(H,15,19). The quantitative estimate of drug-likeness (QED) is 0.742. The molecule has 0 aromatic carbocycles. The van der Waals surface area contributed by atoms with Crippen molar-refractivity contribution in [2.45, 2.75) is 59.1 Å². The number of carbonyl (C=O) groups is 1. The first-order chi connectivity index (χ1) is 8.95. The van der Waals surface area contributed by atoms with E-state index in [1.807, 2.05) is 13.0 Å². The normalized spacial score (nSPS) is 12.7. The van der Waals surface area contributed by atoms with Crippen molar-refractivity contribution in [3.05, 3.63) is 17.5 Å². The predicted octanol–water partition coefficient (Wildman–Crippen LogP) is 1.92. The number of hydrogen-bond acceptors (Lipinski definition) is 3. The SMILES string of the molecule is CCn1nc(C(C)C)cc1C(=O)NCCCC(C)O. The number of carbonyl (C=O) groups excluding carboxylic acids is 1. The summed E-state index contributed by atoms with van der Waals surface area (Å²) in [6.07, 6.45) is 1.16. The van der Waals surface area contributed by atoms with E-state index in [9.17, 15) is 4.79 Å². The second-order valence-corrected chi connectivity index (χ2v) is 5.17. The van der Waals surface area contributed by atoms with Crippen LogP contribution in [0.1, 0.15) is 62.6 Å². The summed E-state index contributed by atoms with van der Waals surface area (Å²) in [6.45, 7) is 9.11. The van der Waals surface area contributed by atoms with Crippen molar-refractivity contribution in [3.8, 4) is 0 Å². The minimum absolute atomic E-state index is 0.0909. The Morgan fingerprint density at radius 1 is 1.47 bits per heavy atom. The summed E-state index contributed by atoms with van der Waals surface area (Å²) in [5.74, 6) is 0.224. The third-order valence-corrected chi connectivity index (χ3v) is 3.01. The van der Waals surface area contributed by atoms with Gasteiger partial charge in [-0.2, -0.15) is 5.10 Å². The van der Waals surface area contributed by atoms with Crippen molar-refractivity contribution >= 4 is 5.91 Å². The molecule has 0 fully saturated rings. The third-order valence-electron chi connectivity index (χ3n) is 3.01. The van der Waals surface area contributed by atoms with Gasteiger partial charge in [-0.15, -0.1) is 0 Å². The van der Waals surface area contributed by atoms with E-state index in [2.05, 4.69) is 24.3 Å². The minimum Gasteiger partial charge on any atom is -0.393 e. The Hall–Kier alpha value is -1.36. The van der Waals surface area contributed by atoms with Crippen molar-refractivity contribution in [1.29, 1.82) is 0 Å². The maximum atomic E-state index is 12.1. The van der Waals surface area contributed by atoms with Crippen LogP contribution in [-0.2, 0) is 6.54 Å². The zero-order chi connectivity index (χ0) is 14.4. The maximum Gasteiger partial charge on any atom is 0.269 e. The molecule has 0 aliphatic carbocycles. The van der Waals surface area contributed by atoms with Crippen LogP contribution in [0, 0.1) is 0 Å². The topological polar surface area (TPSA) is 67.2 Å². The molecule has 1 aromatic rings. The molecule has 0 radical (unpaired) electrons. The first-order valence-electron chi connectivity index (χ1n) is 6.99. The highest BCUT2D eigenvalue weighted by atomic mass is 16.3. The molecule has 1 atom stereocenters. The average molecular weight is 267 g/mol. The molecule has 0 saturated carbocycles. The summed E-state index contributed by atoms with van der Waals surface area (Å²) in [5, 5.41) is 16.4. The number of aliphatic hydroxyl groups is 1. The van der Waals surface area contributed by atoms with Crippen LogP contribution >= 0.6 is 0 Å². The lowest BCUT2D eigenvalue weighted by Crippen LogP contribution is -2.27. The molecule has 2 N–H and O–H groups in total. The lowest BCUT2D eigenvalue weighted by atomic mass is 10.1. The molecule has 0 aliphatic rings. The van der Waals surface area contributed by atoms with Gasteiger partial charge in [-0.3, -0.25) is 9.48 Å². The molecule has 1 aromatic heterocycles. The van der Waals surface area contributed by atoms with Gasteiger partial charge in [-0.05, 0) is 38.7 Å². The Bertz CT molecular complexity index is 411. The molecule has 1 rings (SSSR count). The van der Waals surface area contributed by atoms with E-state index in [4.69, 9.17) is 5.11 Å². The van der Waals surface area contributed by atoms with E-state index in [1.54, 1.807) is 11.6 Å². The van der Waals surface area contributed by atoms with Crippen molar-refractivity contribution in [1.82, 2.24) is 15.1 Å². The van der Waals surface area contributed by atoms with Crippen molar-refractivity contribution in [3.63, 3.8) is 0 Å². The van der Waals surface area contributed by atoms with E-state index < -0.39 is 0 Å². The minimum atomic E-state index is -0.314. The molecule has 1 heterocycles. The highest BCUT2D eigenvalue weighted by Crippen LogP contribution is 2.14. The molecule has 1 amide bonds. The molecule has 1 unspecified atom stereocenters. The first kappa shape index (κ1) is 15.7. The van der Waals surface area contributed by atoms with Gasteiger partial charge in [0.1, 0.15) is 5.69 Å². The van der Waals surface area contributed by atoms with Crippen LogP contribution in [-0.4, -0.2) is 33.4 Å². The summed E-state index contributed by atoms with van der Waals surface area (Å²) in [7, 11) is 0. The van der Waals surface area contributed by atoms with Crippen molar-refractivity contribution < 1.29 is 9.90 Å². The van der Waals surface area contributed by atoms with Crippen molar-refractivity contribution in [2.24, 2.45) is 0 Å². The summed E-state index contributed by atoms with van der Waals surface area (Å²) in [4.78, 5) is 12.1. The van der Waals surface area contributed by atoms with Gasteiger partial charge in [0.15, 0.2) is 0 Å². The van der Waals surface area contributed by atoms with Crippen LogP contribution in [0.3, 0.4) is 0 Å². The second-order valence-electron chi connectivity index (χ2n) is 5.17. The molecule has 108 valence electrons. The largest absolute Gasteiger partial charge is 0.393 e. The summed E-state index contributed by atoms with van der Waals surface area (Å²) in [6, 6.07) is 1.86. The van der Waals surface area contributed by atoms with Gasteiger partial charge in [0.05, 0.1) is 11.8 Å². The number of aromatic nitrogens is 2. The highest BCUT2D eigenvalue weighted by molar-refractivity contribution is 5.92. The Kier molecular flexibility index (Phi) is 6.02. The van der Waals surface area contributed by atoms with Crippen LogP contribution < -0.4 is 5.32 Å². The van der Waals surface area contributed by atoms with Gasteiger partial charge in [-0.25, -0.2) is 0 Å². The Morgan fingerprint density at radius 2 is 2.16 bits per heavy atom. The lowest BCUT2D eigenvalue weighted by Gasteiger charge is -2.07. The molecule has 0 bridgehead atoms. The predicted molar refractivity (Wildman–Crippen MR) is 75.2 cm³/mol. The van der Waals surface area contributed by atoms with E-state index >= 15 is 0 Å². The van der Waals surface area contributed by atoms with E-state index in [0.717, 1.165) is 12.1 Å². The van der Waals surface area contributed by atoms with Crippen LogP contribution in [0.4, 0.5) is 0 Å². The number of nitrogens with one attached hydrogen (secondary N) is 1. The van der Waals surface area contributed by atoms with Crippen molar-refractivity contribution in [2.75, 3.05) is 6.54 Å². The zero-order valence-electron chi connectivity index (χ0n) is 12.3. The van der Waals surface area contributed by atoms with E-state index in [1.165, 1.54) is 0 Å². The van der Waals surface area contributed by atoms with Gasteiger partial charge >= 0.3 is 0 Å². The van der Waals surface area contributed by atoms with Gasteiger partial charge < -0.3 is 10.4 Å². The first-order valence-corrected chi connectivity index (χ1v) is 6.99. The van der Waals surface area contributed by atoms with Gasteiger partial charge in [-0.1, -0.05) is 13.8 Å². The molecular weight excluding hydrogens is 242 g/mol. The van der Waals surface area contributed by atoms with E-state index in [0.29, 0.717) is 31.1 Å². The second kappa shape index (κ2) is 7.28. The fourth-order valence-corrected chi connectivity index (χ4v) is 1.83. The molecular formula is C14H25N3O2. The lowest BCUT2D eigenvalue weighted by molar-refractivity contribution is 0.0939. The number of rotatable bonds is 7. The zero-order valence-corrected chi connectivity index (χ0v) is 12.3. The maximum absolute atomic E-state index is 12.1. The monoisotopic (exact) mass is 267 g/mol. The summed E-state index contributed by atoms with van der Waals surface area (Å²) >= 11 is 0. The number of nitrogens with zero attached hydrogens (tertiary/aromatic N) is 2. The molecule has 5 nitrogen and oxygen atoms in total. The van der Waals surface area contributed by atoms with Crippen LogP contribution in [0.2, 0.25) is 0 Å². The molecule has 0 aliphatic heterocycles. The molecule has 0 spiro atoms. The average Bonchev–Trinajstić information content (AvgIpc) is 2.78. The third kappa shape index (κ3) is 4.67. The Balaban J connectivity index is 2.60. The number of aryl methyl sites for hydroxylation is 1. The van der Waals surface area contributed by atoms with Gasteiger partial charge in [0.2, 0.25) is 0 Å². The molecule has 5 heteroatoms. The number of hydrogen-bond donors (Lipinski definition) is 2. The molecule has 19 heavy (non-hydrogen) atoms.